The highest BCUT2D eigenvalue weighted by Gasteiger charge is 2.17. The van der Waals surface area contributed by atoms with Crippen LogP contribution in [0.3, 0.4) is 0 Å². The van der Waals surface area contributed by atoms with Gasteiger partial charge in [-0.25, -0.2) is 0 Å². The number of nitrogens with zero attached hydrogens (tertiary/aromatic N) is 5. The summed E-state index contributed by atoms with van der Waals surface area (Å²) >= 11 is 0. The van der Waals surface area contributed by atoms with Crippen LogP contribution in [0, 0.1) is 10.1 Å². The third-order valence-electron chi connectivity index (χ3n) is 2.61. The van der Waals surface area contributed by atoms with Gasteiger partial charge in [-0.05, 0) is 29.0 Å². The molecule has 100 valence electrons. The zero-order chi connectivity index (χ0) is 13.8. The van der Waals surface area contributed by atoms with E-state index in [1.54, 1.807) is 6.07 Å². The first kappa shape index (κ1) is 12.9. The van der Waals surface area contributed by atoms with Gasteiger partial charge in [-0.15, -0.1) is 5.10 Å². The van der Waals surface area contributed by atoms with Crippen molar-refractivity contribution in [1.29, 1.82) is 0 Å². The van der Waals surface area contributed by atoms with Gasteiger partial charge in [0.2, 0.25) is 0 Å². The first-order valence-corrected chi connectivity index (χ1v) is 5.77. The molecule has 0 spiro atoms. The van der Waals surface area contributed by atoms with E-state index in [2.05, 4.69) is 15.5 Å². The number of rotatable bonds is 5. The van der Waals surface area contributed by atoms with Crippen molar-refractivity contribution in [2.75, 3.05) is 7.11 Å². The van der Waals surface area contributed by atoms with E-state index in [0.29, 0.717) is 17.9 Å². The second-order valence-electron chi connectivity index (χ2n) is 3.87. The second-order valence-corrected chi connectivity index (χ2v) is 3.87. The van der Waals surface area contributed by atoms with Gasteiger partial charge in [0.05, 0.1) is 17.7 Å². The van der Waals surface area contributed by atoms with Gasteiger partial charge in [-0.3, -0.25) is 10.1 Å². The van der Waals surface area contributed by atoms with Crippen molar-refractivity contribution in [2.24, 2.45) is 0 Å². The Kier molecular flexibility index (Phi) is 3.69. The Labute approximate surface area is 109 Å². The fraction of sp³-hybridized carbons (Fsp3) is 0.364. The number of nitro benzene ring substituents is 1. The molecule has 1 aromatic heterocycles. The molecule has 0 N–H and O–H groups in total. The average molecular weight is 263 g/mol. The fourth-order valence-corrected chi connectivity index (χ4v) is 1.74. The van der Waals surface area contributed by atoms with E-state index in [9.17, 15) is 10.1 Å². The van der Waals surface area contributed by atoms with Crippen LogP contribution in [0.4, 0.5) is 5.69 Å². The van der Waals surface area contributed by atoms with Gasteiger partial charge >= 0.3 is 5.69 Å². The molecule has 8 nitrogen and oxygen atoms in total. The normalized spacial score (nSPS) is 10.4. The van der Waals surface area contributed by atoms with Gasteiger partial charge in [0.25, 0.3) is 0 Å². The number of aryl methyl sites for hydroxylation is 1. The molecule has 0 aliphatic rings. The van der Waals surface area contributed by atoms with Crippen LogP contribution in [0.15, 0.2) is 18.2 Å². The molecule has 1 heterocycles. The summed E-state index contributed by atoms with van der Waals surface area (Å²) < 4.78 is 6.45. The Hall–Kier alpha value is -2.51. The van der Waals surface area contributed by atoms with Gasteiger partial charge in [0.1, 0.15) is 0 Å². The van der Waals surface area contributed by atoms with E-state index < -0.39 is 4.92 Å². The van der Waals surface area contributed by atoms with Gasteiger partial charge in [0, 0.05) is 12.5 Å². The molecule has 0 saturated carbocycles. The van der Waals surface area contributed by atoms with Gasteiger partial charge in [0.15, 0.2) is 11.6 Å². The molecule has 1 aromatic carbocycles. The lowest BCUT2D eigenvalue weighted by Gasteiger charge is -2.06. The molecular formula is C11H13N5O3. The van der Waals surface area contributed by atoms with E-state index >= 15 is 0 Å². The molecule has 0 amide bonds. The molecule has 0 aliphatic carbocycles. The molecule has 0 aliphatic heterocycles. The van der Waals surface area contributed by atoms with Crippen LogP contribution in [-0.2, 0) is 6.42 Å². The summed E-state index contributed by atoms with van der Waals surface area (Å²) in [5, 5.41) is 22.3. The van der Waals surface area contributed by atoms with Crippen LogP contribution in [0.5, 0.6) is 5.75 Å². The topological polar surface area (TPSA) is 96.0 Å². The van der Waals surface area contributed by atoms with E-state index in [1.165, 1.54) is 23.9 Å². The number of tetrazole rings is 1. The lowest BCUT2D eigenvalue weighted by molar-refractivity contribution is -0.385. The van der Waals surface area contributed by atoms with Crippen molar-refractivity contribution in [3.63, 3.8) is 0 Å². The zero-order valence-electron chi connectivity index (χ0n) is 10.6. The standard InChI is InChI=1S/C11H13N5O3/c1-3-4-11-12-13-14-15(11)8-5-6-10(19-2)9(7-8)16(17)18/h5-7H,3-4H2,1-2H3. The van der Waals surface area contributed by atoms with Crippen molar-refractivity contribution >= 4 is 5.69 Å². The minimum atomic E-state index is -0.494. The molecule has 0 unspecified atom stereocenters. The molecule has 0 radical (unpaired) electrons. The number of benzene rings is 1. The smallest absolute Gasteiger partial charge is 0.313 e. The average Bonchev–Trinajstić information content (AvgIpc) is 2.86. The predicted octanol–water partition coefficient (Wildman–Crippen LogP) is 1.53. The van der Waals surface area contributed by atoms with E-state index in [4.69, 9.17) is 4.74 Å². The lowest BCUT2D eigenvalue weighted by Crippen LogP contribution is -2.04. The van der Waals surface area contributed by atoms with Crippen molar-refractivity contribution < 1.29 is 9.66 Å². The second kappa shape index (κ2) is 5.42. The highest BCUT2D eigenvalue weighted by atomic mass is 16.6. The van der Waals surface area contributed by atoms with Crippen LogP contribution in [0.2, 0.25) is 0 Å². The Morgan fingerprint density at radius 3 is 2.89 bits per heavy atom. The van der Waals surface area contributed by atoms with Gasteiger partial charge in [-0.2, -0.15) is 4.68 Å². The zero-order valence-corrected chi connectivity index (χ0v) is 10.6. The summed E-state index contributed by atoms with van der Waals surface area (Å²) in [7, 11) is 1.39. The number of hydrogen-bond donors (Lipinski definition) is 0. The quantitative estimate of drug-likeness (QED) is 0.599. The van der Waals surface area contributed by atoms with Crippen LogP contribution < -0.4 is 4.74 Å². The summed E-state index contributed by atoms with van der Waals surface area (Å²) in [4.78, 5) is 10.5. The Morgan fingerprint density at radius 1 is 1.47 bits per heavy atom. The minimum absolute atomic E-state index is 0.113. The van der Waals surface area contributed by atoms with Gasteiger partial charge in [-0.1, -0.05) is 6.92 Å². The fourth-order valence-electron chi connectivity index (χ4n) is 1.74. The van der Waals surface area contributed by atoms with E-state index in [-0.39, 0.29) is 11.4 Å². The highest BCUT2D eigenvalue weighted by Crippen LogP contribution is 2.28. The molecule has 0 saturated heterocycles. The molecular weight excluding hydrogens is 250 g/mol. The minimum Gasteiger partial charge on any atom is -0.490 e. The first-order valence-electron chi connectivity index (χ1n) is 5.77. The maximum atomic E-state index is 11.0. The molecule has 0 atom stereocenters. The summed E-state index contributed by atoms with van der Waals surface area (Å²) in [5.74, 6) is 0.876. The Morgan fingerprint density at radius 2 is 2.26 bits per heavy atom. The number of ether oxygens (including phenoxy) is 1. The maximum absolute atomic E-state index is 11.0. The summed E-state index contributed by atoms with van der Waals surface area (Å²) in [6.45, 7) is 2.01. The summed E-state index contributed by atoms with van der Waals surface area (Å²) in [5.41, 5.74) is 0.430. The van der Waals surface area contributed by atoms with Crippen LogP contribution in [0.25, 0.3) is 5.69 Å². The predicted molar refractivity (Wildman–Crippen MR) is 66.4 cm³/mol. The van der Waals surface area contributed by atoms with Crippen LogP contribution in [0.1, 0.15) is 19.2 Å². The Bertz CT molecular complexity index is 596. The number of methoxy groups -OCH3 is 1. The third kappa shape index (κ3) is 2.51. The van der Waals surface area contributed by atoms with Crippen molar-refractivity contribution in [3.05, 3.63) is 34.1 Å². The molecule has 8 heteroatoms. The van der Waals surface area contributed by atoms with Crippen LogP contribution >= 0.6 is 0 Å². The SMILES string of the molecule is CCCc1nnnn1-c1ccc(OC)c([N+](=O)[O-])c1. The van der Waals surface area contributed by atoms with E-state index in [0.717, 1.165) is 6.42 Å². The molecule has 2 rings (SSSR count). The molecule has 0 bridgehead atoms. The lowest BCUT2D eigenvalue weighted by atomic mass is 10.2. The Balaban J connectivity index is 2.48. The largest absolute Gasteiger partial charge is 0.490 e. The summed E-state index contributed by atoms with van der Waals surface area (Å²) in [6, 6.07) is 4.61. The van der Waals surface area contributed by atoms with Crippen molar-refractivity contribution in [1.82, 2.24) is 20.2 Å². The molecule has 2 aromatic rings. The number of aromatic nitrogens is 4. The number of hydrogen-bond acceptors (Lipinski definition) is 6. The highest BCUT2D eigenvalue weighted by molar-refractivity contribution is 5.53. The van der Waals surface area contributed by atoms with Crippen molar-refractivity contribution in [3.8, 4) is 11.4 Å². The van der Waals surface area contributed by atoms with Crippen molar-refractivity contribution in [2.45, 2.75) is 19.8 Å². The van der Waals surface area contributed by atoms with Crippen LogP contribution in [-0.4, -0.2) is 32.2 Å². The molecule has 19 heavy (non-hydrogen) atoms. The third-order valence-corrected chi connectivity index (χ3v) is 2.61. The molecule has 0 fully saturated rings. The number of nitro groups is 1. The monoisotopic (exact) mass is 263 g/mol. The maximum Gasteiger partial charge on any atom is 0.313 e. The summed E-state index contributed by atoms with van der Waals surface area (Å²) in [6.07, 6.45) is 1.59. The van der Waals surface area contributed by atoms with Gasteiger partial charge < -0.3 is 4.74 Å². The van der Waals surface area contributed by atoms with E-state index in [1.807, 2.05) is 6.92 Å². The first-order chi connectivity index (χ1) is 9.17.